The molecule has 0 rings (SSSR count). The van der Waals surface area contributed by atoms with Crippen LogP contribution in [-0.4, -0.2) is 25.9 Å². The van der Waals surface area contributed by atoms with Gasteiger partial charge in [0.05, 0.1) is 0 Å². The van der Waals surface area contributed by atoms with Gasteiger partial charge in [-0.3, -0.25) is 4.55 Å². The van der Waals surface area contributed by atoms with Crippen molar-refractivity contribution in [1.82, 2.24) is 6.15 Å². The van der Waals surface area contributed by atoms with Crippen LogP contribution in [0.5, 0.6) is 0 Å². The molecule has 9 nitrogen and oxygen atoms in total. The summed E-state index contributed by atoms with van der Waals surface area (Å²) in [6.07, 6.45) is 0. The number of rotatable bonds is 3. The van der Waals surface area contributed by atoms with E-state index in [1.807, 2.05) is 0 Å². The van der Waals surface area contributed by atoms with Gasteiger partial charge in [-0.15, -0.1) is 0 Å². The van der Waals surface area contributed by atoms with E-state index < -0.39 is 20.8 Å². The maximum Gasteiger partial charge on any atom is 1.00 e. The fourth-order valence-electron chi connectivity index (χ4n) is 0.0691. The van der Waals surface area contributed by atoms with Gasteiger partial charge in [0.1, 0.15) is 0 Å². The monoisotopic (exact) mass is 233 g/mol. The van der Waals surface area contributed by atoms with E-state index in [0.29, 0.717) is 0 Å². The van der Waals surface area contributed by atoms with E-state index in [0.717, 1.165) is 0 Å². The molecule has 0 bridgehead atoms. The first-order valence-electron chi connectivity index (χ1n) is 1.52. The van der Waals surface area contributed by atoms with Crippen LogP contribution < -0.4 is 35.7 Å². The topological polar surface area (TPSA) is 165 Å². The molecule has 70 valence electrons. The molecule has 12 heteroatoms. The summed E-state index contributed by atoms with van der Waals surface area (Å²) >= 11 is 0. The predicted octanol–water partition coefficient (Wildman–Crippen LogP) is -4.64. The zero-order valence-corrected chi connectivity index (χ0v) is 9.46. The fraction of sp³-hybridized carbons (Fsp3) is 0. The molecule has 0 radical (unpaired) electrons. The molecule has 0 aliphatic rings. The standard InChI is InChI=1S/H3N.Na.H2O8S2/c;;1-9(2,3)7-8-10(4,5)6/h1H3;;(H,1,2,3)(H,4,5,6)/q;+1;/p-1. The summed E-state index contributed by atoms with van der Waals surface area (Å²) in [6.45, 7) is 0. The van der Waals surface area contributed by atoms with E-state index in [9.17, 15) is 21.4 Å². The van der Waals surface area contributed by atoms with Crippen LogP contribution in [0, 0.1) is 0 Å². The second kappa shape index (κ2) is 6.20. The molecule has 12 heavy (non-hydrogen) atoms. The van der Waals surface area contributed by atoms with Gasteiger partial charge in [0.25, 0.3) is 0 Å². The maximum atomic E-state index is 9.48. The van der Waals surface area contributed by atoms with Crippen LogP contribution in [0.1, 0.15) is 0 Å². The average molecular weight is 233 g/mol. The molecule has 0 spiro atoms. The van der Waals surface area contributed by atoms with Gasteiger partial charge in [-0.05, 0) is 0 Å². The minimum atomic E-state index is -5.27. The predicted molar refractivity (Wildman–Crippen MR) is 28.4 cm³/mol. The van der Waals surface area contributed by atoms with Crippen molar-refractivity contribution in [2.45, 2.75) is 0 Å². The third kappa shape index (κ3) is 17.0. The molecule has 0 heterocycles. The molecule has 0 aliphatic carbocycles. The molecule has 0 aliphatic heterocycles. The van der Waals surface area contributed by atoms with Crippen molar-refractivity contribution in [1.29, 1.82) is 0 Å². The minimum absolute atomic E-state index is 0. The van der Waals surface area contributed by atoms with Crippen LogP contribution in [0.4, 0.5) is 0 Å². The molecule has 0 aromatic carbocycles. The minimum Gasteiger partial charge on any atom is -0.724 e. The number of hydrogen-bond donors (Lipinski definition) is 2. The van der Waals surface area contributed by atoms with Gasteiger partial charge in [0, 0.05) is 0 Å². The van der Waals surface area contributed by atoms with E-state index in [1.165, 1.54) is 0 Å². The first-order chi connectivity index (χ1) is 4.21. The Morgan fingerprint density at radius 1 is 1.08 bits per heavy atom. The third-order valence-electron chi connectivity index (χ3n) is 0.197. The molecule has 0 saturated carbocycles. The van der Waals surface area contributed by atoms with Gasteiger partial charge < -0.3 is 10.7 Å². The quantitative estimate of drug-likeness (QED) is 0.160. The summed E-state index contributed by atoms with van der Waals surface area (Å²) in [5, 5.41) is 0. The Labute approximate surface area is 90.8 Å². The second-order valence-corrected chi connectivity index (χ2v) is 2.92. The Balaban J connectivity index is -0.000000405. The van der Waals surface area contributed by atoms with Gasteiger partial charge in [-0.25, -0.2) is 8.42 Å². The van der Waals surface area contributed by atoms with Gasteiger partial charge in [-0.2, -0.15) is 8.42 Å². The van der Waals surface area contributed by atoms with Crippen molar-refractivity contribution in [2.24, 2.45) is 0 Å². The SMILES string of the molecule is N.O=S(=O)([O-])OOS(=O)(=O)O.[Na+]. The van der Waals surface area contributed by atoms with Crippen molar-refractivity contribution in [3.05, 3.63) is 0 Å². The van der Waals surface area contributed by atoms with Gasteiger partial charge in [0.2, 0.25) is 10.4 Å². The summed E-state index contributed by atoms with van der Waals surface area (Å²) in [5.74, 6) is 0. The molecule has 0 aromatic rings. The Morgan fingerprint density at radius 3 is 1.50 bits per heavy atom. The molecular formula is H4NNaO8S2. The van der Waals surface area contributed by atoms with Crippen LogP contribution in [0.15, 0.2) is 0 Å². The Kier molecular flexibility index (Phi) is 9.54. The molecule has 0 saturated heterocycles. The van der Waals surface area contributed by atoms with Crippen LogP contribution >= 0.6 is 0 Å². The normalized spacial score (nSPS) is 11.2. The van der Waals surface area contributed by atoms with Crippen molar-refractivity contribution < 1.29 is 64.2 Å². The molecule has 0 atom stereocenters. The molecular weight excluding hydrogens is 229 g/mol. The van der Waals surface area contributed by atoms with E-state index >= 15 is 0 Å². The molecule has 0 aromatic heterocycles. The van der Waals surface area contributed by atoms with Crippen LogP contribution in [0.3, 0.4) is 0 Å². The summed E-state index contributed by atoms with van der Waals surface area (Å²) in [4.78, 5) is 0. The second-order valence-electron chi connectivity index (χ2n) is 0.972. The Bertz CT molecular complexity index is 253. The van der Waals surface area contributed by atoms with Gasteiger partial charge in [0.15, 0.2) is 0 Å². The molecule has 4 N–H and O–H groups in total. The van der Waals surface area contributed by atoms with Crippen LogP contribution in [0.25, 0.3) is 0 Å². The van der Waals surface area contributed by atoms with E-state index in [4.69, 9.17) is 4.55 Å². The first-order valence-corrected chi connectivity index (χ1v) is 4.21. The maximum absolute atomic E-state index is 9.48. The molecule has 0 fully saturated rings. The molecule has 0 unspecified atom stereocenters. The van der Waals surface area contributed by atoms with Crippen molar-refractivity contribution >= 4 is 20.8 Å². The first kappa shape index (κ1) is 18.5. The van der Waals surface area contributed by atoms with Crippen LogP contribution in [0.2, 0.25) is 0 Å². The zero-order valence-electron chi connectivity index (χ0n) is 5.83. The van der Waals surface area contributed by atoms with E-state index in [1.54, 1.807) is 0 Å². The van der Waals surface area contributed by atoms with Crippen molar-refractivity contribution in [2.75, 3.05) is 0 Å². The summed E-state index contributed by atoms with van der Waals surface area (Å²) in [7, 11) is -10.3. The largest absolute Gasteiger partial charge is 1.00 e. The fourth-order valence-corrected chi connectivity index (χ4v) is 0.622. The summed E-state index contributed by atoms with van der Waals surface area (Å²) in [6, 6.07) is 0. The molecule has 0 amide bonds. The third-order valence-corrected chi connectivity index (χ3v) is 0.758. The summed E-state index contributed by atoms with van der Waals surface area (Å²) in [5.41, 5.74) is 0. The Hall–Kier alpha value is 0.700. The van der Waals surface area contributed by atoms with Gasteiger partial charge >= 0.3 is 40.0 Å². The smallest absolute Gasteiger partial charge is 0.724 e. The van der Waals surface area contributed by atoms with Crippen molar-refractivity contribution in [3.63, 3.8) is 0 Å². The van der Waals surface area contributed by atoms with Gasteiger partial charge in [-0.1, -0.05) is 8.67 Å². The average Bonchev–Trinajstić information content (AvgIpc) is 1.57. The zero-order chi connectivity index (χ0) is 8.41. The van der Waals surface area contributed by atoms with Crippen molar-refractivity contribution in [3.8, 4) is 0 Å². The summed E-state index contributed by atoms with van der Waals surface area (Å²) < 4.78 is 60.2. The van der Waals surface area contributed by atoms with Crippen LogP contribution in [-0.2, 0) is 29.5 Å². The Morgan fingerprint density at radius 2 is 1.42 bits per heavy atom. The number of hydrogen-bond acceptors (Lipinski definition) is 8. The van der Waals surface area contributed by atoms with E-state index in [-0.39, 0.29) is 35.7 Å². The van der Waals surface area contributed by atoms with E-state index in [2.05, 4.69) is 8.67 Å².